The average molecular weight is 336 g/mol. The minimum atomic E-state index is -0.318. The van der Waals surface area contributed by atoms with Gasteiger partial charge in [-0.2, -0.15) is 0 Å². The van der Waals surface area contributed by atoms with Crippen LogP contribution in [-0.2, 0) is 15.9 Å². The Morgan fingerprint density at radius 2 is 2.43 bits per heavy atom. The number of esters is 1. The van der Waals surface area contributed by atoms with Gasteiger partial charge in [0, 0.05) is 42.3 Å². The number of hydrogen-bond acceptors (Lipinski definition) is 6. The lowest BCUT2D eigenvalue weighted by atomic mass is 9.46. The minimum Gasteiger partial charge on any atom is -0.461 e. The van der Waals surface area contributed by atoms with Crippen LogP contribution in [-0.4, -0.2) is 42.9 Å². The van der Waals surface area contributed by atoms with Crippen molar-refractivity contribution < 1.29 is 14.3 Å². The zero-order valence-electron chi connectivity index (χ0n) is 13.5. The molecule has 0 bridgehead atoms. The molecule has 0 unspecified atom stereocenters. The number of carbonyl (C=O) groups is 1. The monoisotopic (exact) mass is 336 g/mol. The Bertz CT molecular complexity index is 584. The van der Waals surface area contributed by atoms with Crippen LogP contribution in [0.1, 0.15) is 48.1 Å². The number of aromatic nitrogens is 1. The number of thiazole rings is 1. The summed E-state index contributed by atoms with van der Waals surface area (Å²) in [7, 11) is 0. The molecule has 1 saturated heterocycles. The highest BCUT2D eigenvalue weighted by molar-refractivity contribution is 7.09. The van der Waals surface area contributed by atoms with Gasteiger partial charge in [-0.05, 0) is 26.2 Å². The first-order chi connectivity index (χ1) is 11.2. The molecule has 23 heavy (non-hydrogen) atoms. The molecule has 1 N–H and O–H groups in total. The molecule has 3 atom stereocenters. The lowest BCUT2D eigenvalue weighted by molar-refractivity contribution is -0.175. The lowest BCUT2D eigenvalue weighted by Gasteiger charge is -2.63. The minimum absolute atomic E-state index is 0.318. The zero-order valence-corrected chi connectivity index (χ0v) is 14.4. The Labute approximate surface area is 140 Å². The molecule has 4 rings (SSSR count). The van der Waals surface area contributed by atoms with Crippen molar-refractivity contribution in [2.24, 2.45) is 11.3 Å². The standard InChI is InChI=1S/C17H24N2O3S/c1-2-21-16(20)12-10-23-13(19-12)4-8-18-14-11-5-9-22-15(11)17(14)6-3-7-17/h10-11,14-15,18H,2-9H2,1H3/t11-,14-,15-/m1/s1. The van der Waals surface area contributed by atoms with Gasteiger partial charge in [-0.25, -0.2) is 9.78 Å². The van der Waals surface area contributed by atoms with Gasteiger partial charge in [0.1, 0.15) is 0 Å². The molecule has 126 valence electrons. The SMILES string of the molecule is CCOC(=O)c1csc(CCN[C@@H]2[C@H]3CCO[C@H]3C23CCC3)n1. The first kappa shape index (κ1) is 15.5. The molecule has 1 spiro atoms. The largest absolute Gasteiger partial charge is 0.461 e. The smallest absolute Gasteiger partial charge is 0.357 e. The fourth-order valence-electron chi connectivity index (χ4n) is 4.62. The predicted octanol–water partition coefficient (Wildman–Crippen LogP) is 2.41. The molecular formula is C17H24N2O3S. The van der Waals surface area contributed by atoms with Crippen molar-refractivity contribution in [3.63, 3.8) is 0 Å². The molecular weight excluding hydrogens is 312 g/mol. The van der Waals surface area contributed by atoms with E-state index in [1.807, 2.05) is 6.92 Å². The van der Waals surface area contributed by atoms with E-state index in [1.165, 1.54) is 25.7 Å². The molecule has 3 aliphatic rings. The van der Waals surface area contributed by atoms with Gasteiger partial charge in [0.25, 0.3) is 0 Å². The summed E-state index contributed by atoms with van der Waals surface area (Å²) in [5, 5.41) is 6.56. The number of fused-ring (bicyclic) bond motifs is 2. The van der Waals surface area contributed by atoms with Crippen molar-refractivity contribution in [3.8, 4) is 0 Å². The van der Waals surface area contributed by atoms with Crippen molar-refractivity contribution in [1.29, 1.82) is 0 Å². The Hall–Kier alpha value is -0.980. The van der Waals surface area contributed by atoms with Crippen LogP contribution in [0.15, 0.2) is 5.38 Å². The van der Waals surface area contributed by atoms with Gasteiger partial charge >= 0.3 is 5.97 Å². The van der Waals surface area contributed by atoms with Gasteiger partial charge in [-0.3, -0.25) is 0 Å². The summed E-state index contributed by atoms with van der Waals surface area (Å²) in [6.45, 7) is 4.06. The van der Waals surface area contributed by atoms with E-state index in [0.29, 0.717) is 35.8 Å². The highest BCUT2D eigenvalue weighted by atomic mass is 32.1. The maximum atomic E-state index is 11.6. The highest BCUT2D eigenvalue weighted by Crippen LogP contribution is 2.62. The summed E-state index contributed by atoms with van der Waals surface area (Å²) < 4.78 is 10.9. The first-order valence-corrected chi connectivity index (χ1v) is 9.59. The van der Waals surface area contributed by atoms with Gasteiger partial charge in [0.15, 0.2) is 5.69 Å². The molecule has 5 nitrogen and oxygen atoms in total. The van der Waals surface area contributed by atoms with Gasteiger partial charge in [-0.15, -0.1) is 11.3 Å². The molecule has 0 radical (unpaired) electrons. The molecule has 2 heterocycles. The van der Waals surface area contributed by atoms with Crippen LogP contribution in [0.2, 0.25) is 0 Å². The van der Waals surface area contributed by atoms with E-state index in [0.717, 1.165) is 24.6 Å². The fourth-order valence-corrected chi connectivity index (χ4v) is 5.39. The summed E-state index contributed by atoms with van der Waals surface area (Å²) in [5.41, 5.74) is 0.871. The topological polar surface area (TPSA) is 60.5 Å². The Kier molecular flexibility index (Phi) is 4.15. The second kappa shape index (κ2) is 6.15. The Morgan fingerprint density at radius 3 is 3.17 bits per heavy atom. The predicted molar refractivity (Wildman–Crippen MR) is 87.7 cm³/mol. The van der Waals surface area contributed by atoms with E-state index in [1.54, 1.807) is 16.7 Å². The second-order valence-corrected chi connectivity index (χ2v) is 7.80. The van der Waals surface area contributed by atoms with E-state index < -0.39 is 0 Å². The molecule has 6 heteroatoms. The van der Waals surface area contributed by atoms with Crippen LogP contribution >= 0.6 is 11.3 Å². The number of hydrogen-bond donors (Lipinski definition) is 1. The van der Waals surface area contributed by atoms with E-state index in [2.05, 4.69) is 10.3 Å². The van der Waals surface area contributed by atoms with E-state index in [9.17, 15) is 4.79 Å². The van der Waals surface area contributed by atoms with Gasteiger partial charge in [0.2, 0.25) is 0 Å². The number of carbonyl (C=O) groups excluding carboxylic acids is 1. The molecule has 1 aliphatic heterocycles. The number of rotatable bonds is 6. The Morgan fingerprint density at radius 1 is 1.57 bits per heavy atom. The summed E-state index contributed by atoms with van der Waals surface area (Å²) >= 11 is 1.54. The highest BCUT2D eigenvalue weighted by Gasteiger charge is 2.66. The molecule has 1 aromatic heterocycles. The maximum absolute atomic E-state index is 11.6. The summed E-state index contributed by atoms with van der Waals surface area (Å²) in [4.78, 5) is 16.0. The van der Waals surface area contributed by atoms with Gasteiger partial charge in [-0.1, -0.05) is 6.42 Å². The van der Waals surface area contributed by atoms with Gasteiger partial charge < -0.3 is 14.8 Å². The van der Waals surface area contributed by atoms with E-state index in [4.69, 9.17) is 9.47 Å². The third-order valence-electron chi connectivity index (χ3n) is 5.78. The van der Waals surface area contributed by atoms with Crippen molar-refractivity contribution in [1.82, 2.24) is 10.3 Å². The third-order valence-corrected chi connectivity index (χ3v) is 6.68. The average Bonchev–Trinajstić information content (AvgIpc) is 3.10. The number of nitrogens with one attached hydrogen (secondary N) is 1. The third kappa shape index (κ3) is 2.51. The van der Waals surface area contributed by atoms with Crippen LogP contribution in [0.3, 0.4) is 0 Å². The second-order valence-electron chi connectivity index (χ2n) is 6.86. The molecule has 3 fully saturated rings. The first-order valence-electron chi connectivity index (χ1n) is 8.71. The molecule has 0 aromatic carbocycles. The van der Waals surface area contributed by atoms with Crippen molar-refractivity contribution in [3.05, 3.63) is 16.1 Å². The molecule has 0 amide bonds. The normalized spacial score (nSPS) is 30.6. The maximum Gasteiger partial charge on any atom is 0.357 e. The van der Waals surface area contributed by atoms with Crippen LogP contribution in [0.25, 0.3) is 0 Å². The van der Waals surface area contributed by atoms with E-state index in [-0.39, 0.29) is 5.97 Å². The van der Waals surface area contributed by atoms with Crippen LogP contribution in [0, 0.1) is 11.3 Å². The number of nitrogens with zero attached hydrogens (tertiary/aromatic N) is 1. The number of ether oxygens (including phenoxy) is 2. The van der Waals surface area contributed by atoms with E-state index >= 15 is 0 Å². The summed E-state index contributed by atoms with van der Waals surface area (Å²) in [5.74, 6) is 0.392. The van der Waals surface area contributed by atoms with Crippen molar-refractivity contribution >= 4 is 17.3 Å². The Balaban J connectivity index is 1.30. The van der Waals surface area contributed by atoms with Crippen molar-refractivity contribution in [2.75, 3.05) is 19.8 Å². The van der Waals surface area contributed by atoms with Crippen molar-refractivity contribution in [2.45, 2.75) is 51.2 Å². The zero-order chi connectivity index (χ0) is 15.9. The molecule has 2 saturated carbocycles. The van der Waals surface area contributed by atoms with Crippen LogP contribution < -0.4 is 5.32 Å². The van der Waals surface area contributed by atoms with Crippen LogP contribution in [0.4, 0.5) is 0 Å². The summed E-state index contributed by atoms with van der Waals surface area (Å²) in [6, 6.07) is 0.619. The lowest BCUT2D eigenvalue weighted by Crippen LogP contribution is -2.71. The fraction of sp³-hybridized carbons (Fsp3) is 0.765. The molecule has 2 aliphatic carbocycles. The van der Waals surface area contributed by atoms with Gasteiger partial charge in [0.05, 0.1) is 17.7 Å². The summed E-state index contributed by atoms with van der Waals surface area (Å²) in [6.07, 6.45) is 6.57. The molecule has 1 aromatic rings. The quantitative estimate of drug-likeness (QED) is 0.809. The van der Waals surface area contributed by atoms with Crippen LogP contribution in [0.5, 0.6) is 0 Å².